The van der Waals surface area contributed by atoms with Crippen LogP contribution in [0.4, 0.5) is 5.82 Å². The number of hydrogen-bond acceptors (Lipinski definition) is 4. The summed E-state index contributed by atoms with van der Waals surface area (Å²) in [5.41, 5.74) is 0. The monoisotopic (exact) mass is 311 g/mol. The van der Waals surface area contributed by atoms with Crippen molar-refractivity contribution < 1.29 is 8.42 Å². The zero-order valence-corrected chi connectivity index (χ0v) is 13.9. The predicted molar refractivity (Wildman–Crippen MR) is 84.8 cm³/mol. The van der Waals surface area contributed by atoms with Gasteiger partial charge in [0.15, 0.2) is 0 Å². The summed E-state index contributed by atoms with van der Waals surface area (Å²) in [6, 6.07) is 3.49. The number of sulfonamides is 1. The molecule has 1 fully saturated rings. The maximum Gasteiger partial charge on any atom is 0.244 e. The first kappa shape index (κ1) is 16.2. The Hall–Kier alpha value is -1.14. The van der Waals surface area contributed by atoms with E-state index in [-0.39, 0.29) is 10.9 Å². The van der Waals surface area contributed by atoms with Crippen LogP contribution in [0.1, 0.15) is 40.0 Å². The molecule has 0 saturated carbocycles. The molecule has 1 saturated heterocycles. The van der Waals surface area contributed by atoms with Crippen molar-refractivity contribution in [3.63, 3.8) is 0 Å². The van der Waals surface area contributed by atoms with E-state index in [1.54, 1.807) is 16.4 Å². The Bertz CT molecular complexity index is 555. The van der Waals surface area contributed by atoms with Gasteiger partial charge in [0.1, 0.15) is 10.7 Å². The average molecular weight is 311 g/mol. The normalized spacial score (nSPS) is 20.1. The van der Waals surface area contributed by atoms with Gasteiger partial charge in [0.05, 0.1) is 0 Å². The van der Waals surface area contributed by atoms with Crippen molar-refractivity contribution in [1.29, 1.82) is 0 Å². The van der Waals surface area contributed by atoms with Crippen LogP contribution in [0.15, 0.2) is 23.2 Å². The van der Waals surface area contributed by atoms with Crippen LogP contribution in [0.3, 0.4) is 0 Å². The minimum Gasteiger partial charge on any atom is -0.370 e. The number of anilines is 1. The van der Waals surface area contributed by atoms with Gasteiger partial charge in [-0.3, -0.25) is 0 Å². The number of rotatable bonds is 6. The quantitative estimate of drug-likeness (QED) is 0.877. The molecule has 1 aromatic heterocycles. The van der Waals surface area contributed by atoms with E-state index in [0.29, 0.717) is 12.5 Å². The largest absolute Gasteiger partial charge is 0.370 e. The maximum absolute atomic E-state index is 12.7. The smallest absolute Gasteiger partial charge is 0.244 e. The summed E-state index contributed by atoms with van der Waals surface area (Å²) in [5.74, 6) is 1.05. The van der Waals surface area contributed by atoms with Gasteiger partial charge in [-0.2, -0.15) is 4.31 Å². The molecule has 118 valence electrons. The Kier molecular flexibility index (Phi) is 5.22. The third-order valence-corrected chi connectivity index (χ3v) is 5.82. The number of aromatic nitrogens is 1. The van der Waals surface area contributed by atoms with Crippen molar-refractivity contribution in [2.75, 3.05) is 18.4 Å². The summed E-state index contributed by atoms with van der Waals surface area (Å²) in [6.45, 7) is 7.68. The highest BCUT2D eigenvalue weighted by Gasteiger charge is 2.36. The van der Waals surface area contributed by atoms with Crippen LogP contribution in [0, 0.1) is 5.92 Å². The Morgan fingerprint density at radius 2 is 2.19 bits per heavy atom. The molecule has 0 aliphatic carbocycles. The third-order valence-electron chi connectivity index (χ3n) is 3.92. The summed E-state index contributed by atoms with van der Waals surface area (Å²) < 4.78 is 27.1. The average Bonchev–Trinajstić information content (AvgIpc) is 2.96. The van der Waals surface area contributed by atoms with Gasteiger partial charge in [-0.15, -0.1) is 0 Å². The van der Waals surface area contributed by atoms with Gasteiger partial charge in [-0.05, 0) is 37.3 Å². The van der Waals surface area contributed by atoms with E-state index < -0.39 is 10.0 Å². The second-order valence-corrected chi connectivity index (χ2v) is 7.77. The van der Waals surface area contributed by atoms with E-state index in [2.05, 4.69) is 31.1 Å². The lowest BCUT2D eigenvalue weighted by Gasteiger charge is -2.26. The van der Waals surface area contributed by atoms with Crippen LogP contribution in [-0.4, -0.2) is 36.8 Å². The molecule has 0 bridgehead atoms. The maximum atomic E-state index is 12.7. The van der Waals surface area contributed by atoms with Crippen molar-refractivity contribution in [3.05, 3.63) is 18.3 Å². The van der Waals surface area contributed by atoms with Gasteiger partial charge >= 0.3 is 0 Å². The molecule has 0 spiro atoms. The molecule has 1 unspecified atom stereocenters. The van der Waals surface area contributed by atoms with Crippen LogP contribution in [0.5, 0.6) is 0 Å². The second-order valence-electron chi connectivity index (χ2n) is 5.88. The zero-order chi connectivity index (χ0) is 15.5. The molecule has 0 aromatic carbocycles. The number of hydrogen-bond donors (Lipinski definition) is 1. The Morgan fingerprint density at radius 3 is 2.76 bits per heavy atom. The first-order valence-corrected chi connectivity index (χ1v) is 9.12. The minimum atomic E-state index is -3.43. The Labute approximate surface area is 127 Å². The summed E-state index contributed by atoms with van der Waals surface area (Å²) in [7, 11) is -3.43. The molecular formula is C15H25N3O2S. The molecular weight excluding hydrogens is 286 g/mol. The lowest BCUT2D eigenvalue weighted by Crippen LogP contribution is -2.38. The van der Waals surface area contributed by atoms with Crippen LogP contribution < -0.4 is 5.32 Å². The molecule has 6 heteroatoms. The van der Waals surface area contributed by atoms with Crippen LogP contribution >= 0.6 is 0 Å². The molecule has 1 aliphatic heterocycles. The van der Waals surface area contributed by atoms with E-state index >= 15 is 0 Å². The highest BCUT2D eigenvalue weighted by molar-refractivity contribution is 7.89. The highest BCUT2D eigenvalue weighted by Crippen LogP contribution is 2.30. The van der Waals surface area contributed by atoms with Crippen molar-refractivity contribution in [3.8, 4) is 0 Å². The molecule has 1 aromatic rings. The van der Waals surface area contributed by atoms with Gasteiger partial charge in [0, 0.05) is 25.3 Å². The molecule has 2 heterocycles. The van der Waals surface area contributed by atoms with Gasteiger partial charge < -0.3 is 5.32 Å². The standard InChI is InChI=1S/C15H25N3O2S/c1-4-9-16-15-8-7-13(11-17-15)21(19,20)18-10-5-6-14(18)12(2)3/h7-8,11-12,14H,4-6,9-10H2,1-3H3,(H,16,17). The molecule has 0 radical (unpaired) electrons. The fourth-order valence-corrected chi connectivity index (χ4v) is 4.53. The summed E-state index contributed by atoms with van der Waals surface area (Å²) in [5, 5.41) is 3.15. The van der Waals surface area contributed by atoms with Crippen molar-refractivity contribution >= 4 is 15.8 Å². The summed E-state index contributed by atoms with van der Waals surface area (Å²) in [4.78, 5) is 4.50. The molecule has 1 N–H and O–H groups in total. The topological polar surface area (TPSA) is 62.3 Å². The van der Waals surface area contributed by atoms with Crippen LogP contribution in [0.25, 0.3) is 0 Å². The fourth-order valence-electron chi connectivity index (χ4n) is 2.76. The summed E-state index contributed by atoms with van der Waals surface area (Å²) in [6.07, 6.45) is 4.35. The zero-order valence-electron chi connectivity index (χ0n) is 13.0. The predicted octanol–water partition coefficient (Wildman–Crippen LogP) is 2.71. The minimum absolute atomic E-state index is 0.105. The van der Waals surface area contributed by atoms with Crippen molar-refractivity contribution in [2.24, 2.45) is 5.92 Å². The lowest BCUT2D eigenvalue weighted by atomic mass is 10.0. The van der Waals surface area contributed by atoms with Gasteiger partial charge in [-0.1, -0.05) is 20.8 Å². The summed E-state index contributed by atoms with van der Waals surface area (Å²) >= 11 is 0. The second kappa shape index (κ2) is 6.75. The number of nitrogens with zero attached hydrogens (tertiary/aromatic N) is 2. The first-order valence-electron chi connectivity index (χ1n) is 7.68. The van der Waals surface area contributed by atoms with E-state index in [0.717, 1.165) is 31.6 Å². The first-order chi connectivity index (χ1) is 9.96. The van der Waals surface area contributed by atoms with Crippen molar-refractivity contribution in [1.82, 2.24) is 9.29 Å². The Morgan fingerprint density at radius 1 is 1.43 bits per heavy atom. The Balaban J connectivity index is 2.19. The number of pyridine rings is 1. The van der Waals surface area contributed by atoms with E-state index in [1.165, 1.54) is 6.20 Å². The molecule has 5 nitrogen and oxygen atoms in total. The molecule has 1 aliphatic rings. The SMILES string of the molecule is CCCNc1ccc(S(=O)(=O)N2CCCC2C(C)C)cn1. The lowest BCUT2D eigenvalue weighted by molar-refractivity contribution is 0.315. The van der Waals surface area contributed by atoms with E-state index in [9.17, 15) is 8.42 Å². The van der Waals surface area contributed by atoms with Gasteiger partial charge in [0.25, 0.3) is 0 Å². The molecule has 21 heavy (non-hydrogen) atoms. The molecule has 1 atom stereocenters. The van der Waals surface area contributed by atoms with Crippen molar-refractivity contribution in [2.45, 2.75) is 51.0 Å². The third kappa shape index (κ3) is 3.55. The number of nitrogens with one attached hydrogen (secondary N) is 1. The van der Waals surface area contributed by atoms with E-state index in [4.69, 9.17) is 0 Å². The highest BCUT2D eigenvalue weighted by atomic mass is 32.2. The van der Waals surface area contributed by atoms with E-state index in [1.807, 2.05) is 0 Å². The fraction of sp³-hybridized carbons (Fsp3) is 0.667. The van der Waals surface area contributed by atoms with Crippen LogP contribution in [0.2, 0.25) is 0 Å². The van der Waals surface area contributed by atoms with Crippen LogP contribution in [-0.2, 0) is 10.0 Å². The molecule has 2 rings (SSSR count). The molecule has 0 amide bonds. The van der Waals surface area contributed by atoms with Gasteiger partial charge in [-0.25, -0.2) is 13.4 Å². The van der Waals surface area contributed by atoms with Gasteiger partial charge in [0.2, 0.25) is 10.0 Å².